The highest BCUT2D eigenvalue weighted by atomic mass is 16.4. The molecule has 3 aliphatic rings. The maximum atomic E-state index is 12.8. The number of carboxylic acids is 2. The number of amides is 2. The van der Waals surface area contributed by atoms with Gasteiger partial charge < -0.3 is 14.8 Å². The summed E-state index contributed by atoms with van der Waals surface area (Å²) in [5.41, 5.74) is 2.10. The number of benzene rings is 1. The molecule has 2 fully saturated rings. The number of aromatic carboxylic acids is 2. The van der Waals surface area contributed by atoms with E-state index in [1.54, 1.807) is 24.5 Å². The molecule has 2 aromatic rings. The Kier molecular flexibility index (Phi) is 4.59. The molecule has 2 amide bonds. The van der Waals surface area contributed by atoms with E-state index in [0.717, 1.165) is 17.5 Å². The van der Waals surface area contributed by atoms with Crippen molar-refractivity contribution in [1.82, 2.24) is 9.58 Å². The van der Waals surface area contributed by atoms with Crippen molar-refractivity contribution in [3.05, 3.63) is 64.5 Å². The van der Waals surface area contributed by atoms with Crippen LogP contribution in [0.25, 0.3) is 5.69 Å². The molecule has 0 radical (unpaired) electrons. The third-order valence-electron chi connectivity index (χ3n) is 6.90. The third kappa shape index (κ3) is 3.11. The van der Waals surface area contributed by atoms with E-state index < -0.39 is 11.9 Å². The maximum Gasteiger partial charge on any atom is 0.335 e. The van der Waals surface area contributed by atoms with E-state index in [1.165, 1.54) is 18.3 Å². The number of rotatable bonds is 5. The predicted octanol–water partition coefficient (Wildman–Crippen LogP) is 2.63. The first-order chi connectivity index (χ1) is 15.7. The molecule has 1 aromatic carbocycles. The van der Waals surface area contributed by atoms with Gasteiger partial charge in [0.2, 0.25) is 0 Å². The molecule has 4 unspecified atom stereocenters. The number of aryl methyl sites for hydroxylation is 1. The van der Waals surface area contributed by atoms with Crippen LogP contribution in [-0.2, 0) is 9.59 Å². The van der Waals surface area contributed by atoms with Crippen LogP contribution in [-0.4, -0.2) is 49.8 Å². The quantitative estimate of drug-likeness (QED) is 0.412. The van der Waals surface area contributed by atoms with Gasteiger partial charge in [0.1, 0.15) is 0 Å². The lowest BCUT2D eigenvalue weighted by Gasteiger charge is -2.13. The molecule has 2 aliphatic carbocycles. The molecule has 168 valence electrons. The van der Waals surface area contributed by atoms with Crippen LogP contribution < -0.4 is 0 Å². The molecular formula is C24H21N3O6. The minimum absolute atomic E-state index is 0.103. The van der Waals surface area contributed by atoms with Gasteiger partial charge in [-0.25, -0.2) is 9.59 Å². The van der Waals surface area contributed by atoms with Gasteiger partial charge in [0.15, 0.2) is 0 Å². The lowest BCUT2D eigenvalue weighted by atomic mass is 9.85. The zero-order valence-corrected chi connectivity index (χ0v) is 17.9. The number of carbonyl (C=O) groups is 4. The maximum absolute atomic E-state index is 12.8. The van der Waals surface area contributed by atoms with E-state index >= 15 is 0 Å². The predicted molar refractivity (Wildman–Crippen MR) is 116 cm³/mol. The monoisotopic (exact) mass is 447 g/mol. The van der Waals surface area contributed by atoms with Crippen LogP contribution in [0.5, 0.6) is 0 Å². The summed E-state index contributed by atoms with van der Waals surface area (Å²) >= 11 is 0. The summed E-state index contributed by atoms with van der Waals surface area (Å²) in [7, 11) is 0. The van der Waals surface area contributed by atoms with E-state index in [0.29, 0.717) is 22.6 Å². The number of allylic oxidation sites excluding steroid dienone is 2. The van der Waals surface area contributed by atoms with E-state index in [-0.39, 0.29) is 46.6 Å². The zero-order chi connectivity index (χ0) is 23.6. The first-order valence-corrected chi connectivity index (χ1v) is 10.6. The van der Waals surface area contributed by atoms with Crippen molar-refractivity contribution in [2.24, 2.45) is 28.8 Å². The molecule has 2 heterocycles. The average Bonchev–Trinajstić information content (AvgIpc) is 3.50. The first-order valence-electron chi connectivity index (χ1n) is 10.6. The van der Waals surface area contributed by atoms with E-state index in [9.17, 15) is 29.4 Å². The molecule has 1 saturated carbocycles. The number of hydrogen-bond acceptors (Lipinski definition) is 5. The molecule has 1 aliphatic heterocycles. The van der Waals surface area contributed by atoms with Gasteiger partial charge in [-0.3, -0.25) is 9.59 Å². The number of carbonyl (C=O) groups excluding carboxylic acids is 2. The number of fused-ring (bicyclic) bond motifs is 5. The Morgan fingerprint density at radius 2 is 1.48 bits per heavy atom. The smallest absolute Gasteiger partial charge is 0.335 e. The highest BCUT2D eigenvalue weighted by Crippen LogP contribution is 2.52. The Morgan fingerprint density at radius 3 is 2.00 bits per heavy atom. The number of carboxylic acid groups (broad SMARTS) is 2. The van der Waals surface area contributed by atoms with Crippen molar-refractivity contribution in [1.29, 1.82) is 0 Å². The van der Waals surface area contributed by atoms with Crippen LogP contribution in [0.4, 0.5) is 0 Å². The van der Waals surface area contributed by atoms with Crippen LogP contribution in [0, 0.1) is 37.5 Å². The van der Waals surface area contributed by atoms with Gasteiger partial charge in [-0.2, -0.15) is 10.1 Å². The van der Waals surface area contributed by atoms with Crippen molar-refractivity contribution in [3.8, 4) is 5.69 Å². The van der Waals surface area contributed by atoms with Crippen LogP contribution in [0.1, 0.15) is 44.1 Å². The number of imide groups is 1. The van der Waals surface area contributed by atoms with Crippen molar-refractivity contribution < 1.29 is 29.4 Å². The van der Waals surface area contributed by atoms with Crippen LogP contribution in [0.2, 0.25) is 0 Å². The fourth-order valence-electron chi connectivity index (χ4n) is 5.42. The van der Waals surface area contributed by atoms with Crippen LogP contribution >= 0.6 is 0 Å². The molecule has 0 spiro atoms. The van der Waals surface area contributed by atoms with E-state index in [1.807, 2.05) is 12.2 Å². The number of hydrogen-bond donors (Lipinski definition) is 2. The lowest BCUT2D eigenvalue weighted by molar-refractivity contribution is -0.140. The third-order valence-corrected chi connectivity index (χ3v) is 6.90. The summed E-state index contributed by atoms with van der Waals surface area (Å²) in [4.78, 5) is 48.6. The molecule has 5 rings (SSSR count). The highest BCUT2D eigenvalue weighted by Gasteiger charge is 2.59. The standard InChI is InChI=1S/C24H21N3O6/c1-11-5-17(10-25-27-21(28)19-13-3-4-14(6-13)20(19)22(27)29)12(2)26(11)18-8-15(23(30)31)7-16(9-18)24(32)33/h3-5,7-10,13-14,19-20H,6H2,1-2H3,(H,30,31)(H,32,33). The zero-order valence-electron chi connectivity index (χ0n) is 17.9. The number of hydrazone groups is 1. The second kappa shape index (κ2) is 7.26. The summed E-state index contributed by atoms with van der Waals surface area (Å²) < 4.78 is 1.72. The fraction of sp³-hybridized carbons (Fsp3) is 0.292. The van der Waals surface area contributed by atoms with Crippen LogP contribution in [0.3, 0.4) is 0 Å². The summed E-state index contributed by atoms with van der Waals surface area (Å²) in [6, 6.07) is 5.68. The molecule has 2 bridgehead atoms. The molecule has 4 atom stereocenters. The van der Waals surface area contributed by atoms with Gasteiger partial charge in [0.05, 0.1) is 29.2 Å². The normalized spacial score (nSPS) is 25.5. The second-order valence-corrected chi connectivity index (χ2v) is 8.77. The summed E-state index contributed by atoms with van der Waals surface area (Å²) in [5, 5.41) is 23.9. The second-order valence-electron chi connectivity index (χ2n) is 8.77. The van der Waals surface area contributed by atoms with Gasteiger partial charge in [0, 0.05) is 22.6 Å². The topological polar surface area (TPSA) is 129 Å². The Hall–Kier alpha value is -4.01. The molecular weight excluding hydrogens is 426 g/mol. The lowest BCUT2D eigenvalue weighted by Crippen LogP contribution is -2.28. The molecule has 1 saturated heterocycles. The van der Waals surface area contributed by atoms with E-state index in [4.69, 9.17) is 0 Å². The van der Waals surface area contributed by atoms with Gasteiger partial charge in [0.25, 0.3) is 11.8 Å². The molecule has 1 aromatic heterocycles. The SMILES string of the molecule is Cc1cc(C=NN2C(=O)C3C4C=CC(C4)C3C2=O)c(C)n1-c1cc(C(=O)O)cc(C(=O)O)c1. The molecule has 2 N–H and O–H groups in total. The van der Waals surface area contributed by atoms with Crippen molar-refractivity contribution in [3.63, 3.8) is 0 Å². The summed E-state index contributed by atoms with van der Waals surface area (Å²) in [6.45, 7) is 3.56. The van der Waals surface area contributed by atoms with Crippen molar-refractivity contribution in [2.45, 2.75) is 20.3 Å². The largest absolute Gasteiger partial charge is 0.478 e. The first kappa shape index (κ1) is 20.9. The summed E-state index contributed by atoms with van der Waals surface area (Å²) in [6.07, 6.45) is 6.34. The van der Waals surface area contributed by atoms with Gasteiger partial charge in [-0.15, -0.1) is 0 Å². The minimum Gasteiger partial charge on any atom is -0.478 e. The Morgan fingerprint density at radius 1 is 0.939 bits per heavy atom. The number of aromatic nitrogens is 1. The van der Waals surface area contributed by atoms with Gasteiger partial charge >= 0.3 is 11.9 Å². The van der Waals surface area contributed by atoms with Crippen molar-refractivity contribution >= 4 is 30.0 Å². The minimum atomic E-state index is -1.23. The Bertz CT molecular complexity index is 1240. The van der Waals surface area contributed by atoms with Crippen LogP contribution in [0.15, 0.2) is 41.5 Å². The average molecular weight is 447 g/mol. The highest BCUT2D eigenvalue weighted by molar-refractivity contribution is 6.07. The molecule has 9 nitrogen and oxygen atoms in total. The Balaban J connectivity index is 1.48. The fourth-order valence-corrected chi connectivity index (χ4v) is 5.42. The van der Waals surface area contributed by atoms with Gasteiger partial charge in [-0.1, -0.05) is 12.2 Å². The van der Waals surface area contributed by atoms with Gasteiger partial charge in [-0.05, 0) is 56.4 Å². The molecule has 33 heavy (non-hydrogen) atoms. The van der Waals surface area contributed by atoms with Crippen molar-refractivity contribution in [2.75, 3.05) is 0 Å². The van der Waals surface area contributed by atoms with E-state index in [2.05, 4.69) is 5.10 Å². The summed E-state index contributed by atoms with van der Waals surface area (Å²) in [5.74, 6) is -3.46. The number of nitrogens with zero attached hydrogens (tertiary/aromatic N) is 3. The molecule has 9 heteroatoms. The Labute approximate surface area is 188 Å².